The van der Waals surface area contributed by atoms with E-state index in [0.29, 0.717) is 17.0 Å². The van der Waals surface area contributed by atoms with Gasteiger partial charge in [0.15, 0.2) is 6.61 Å². The SMILES string of the molecule is Cc1ccccc1NC(=O)COc1c(I)cc(/C=C2/C(=O)NN(c3ccccc3)C2=O)cc1I. The van der Waals surface area contributed by atoms with Crippen molar-refractivity contribution in [1.29, 1.82) is 0 Å². The molecule has 1 fully saturated rings. The van der Waals surface area contributed by atoms with Gasteiger partial charge in [0.1, 0.15) is 11.3 Å². The summed E-state index contributed by atoms with van der Waals surface area (Å²) in [5, 5.41) is 4.07. The highest BCUT2D eigenvalue weighted by Gasteiger charge is 2.34. The molecule has 7 nitrogen and oxygen atoms in total. The molecule has 1 saturated heterocycles. The van der Waals surface area contributed by atoms with Crippen molar-refractivity contribution in [2.45, 2.75) is 6.92 Å². The van der Waals surface area contributed by atoms with E-state index in [1.54, 1.807) is 42.5 Å². The molecule has 1 aliphatic heterocycles. The number of hydrogen-bond acceptors (Lipinski definition) is 4. The maximum absolute atomic E-state index is 12.8. The molecule has 0 atom stereocenters. The van der Waals surface area contributed by atoms with Gasteiger partial charge in [-0.1, -0.05) is 36.4 Å². The van der Waals surface area contributed by atoms with Crippen LogP contribution in [0.1, 0.15) is 11.1 Å². The van der Waals surface area contributed by atoms with E-state index in [-0.39, 0.29) is 18.1 Å². The molecule has 1 aliphatic rings. The number of hydrogen-bond donors (Lipinski definition) is 2. The van der Waals surface area contributed by atoms with E-state index in [1.165, 1.54) is 5.01 Å². The van der Waals surface area contributed by atoms with Crippen LogP contribution in [-0.2, 0) is 14.4 Å². The van der Waals surface area contributed by atoms with Crippen LogP contribution in [0.2, 0.25) is 0 Å². The first kappa shape index (κ1) is 24.2. The lowest BCUT2D eigenvalue weighted by Crippen LogP contribution is -2.35. The van der Waals surface area contributed by atoms with Gasteiger partial charge in [0.05, 0.1) is 12.8 Å². The van der Waals surface area contributed by atoms with Crippen molar-refractivity contribution >= 4 is 80.4 Å². The largest absolute Gasteiger partial charge is 0.482 e. The zero-order chi connectivity index (χ0) is 24.2. The highest BCUT2D eigenvalue weighted by atomic mass is 127. The van der Waals surface area contributed by atoms with Crippen molar-refractivity contribution < 1.29 is 19.1 Å². The third-order valence-electron chi connectivity index (χ3n) is 5.00. The molecule has 3 aromatic rings. The van der Waals surface area contributed by atoms with Crippen molar-refractivity contribution in [2.75, 3.05) is 16.9 Å². The van der Waals surface area contributed by atoms with Gasteiger partial charge in [-0.2, -0.15) is 0 Å². The van der Waals surface area contributed by atoms with Gasteiger partial charge < -0.3 is 10.1 Å². The van der Waals surface area contributed by atoms with Gasteiger partial charge in [-0.05, 0) is 99.6 Å². The van der Waals surface area contributed by atoms with Crippen LogP contribution in [0.5, 0.6) is 5.75 Å². The Morgan fingerprint density at radius 2 is 1.68 bits per heavy atom. The molecule has 0 unspecified atom stereocenters. The fourth-order valence-corrected chi connectivity index (χ4v) is 5.45. The molecule has 172 valence electrons. The molecule has 0 saturated carbocycles. The zero-order valence-corrected chi connectivity index (χ0v) is 22.3. The number of benzene rings is 3. The first-order valence-corrected chi connectivity index (χ1v) is 12.4. The van der Waals surface area contributed by atoms with Crippen LogP contribution in [0, 0.1) is 14.1 Å². The summed E-state index contributed by atoms with van der Waals surface area (Å²) < 4.78 is 7.29. The fourth-order valence-electron chi connectivity index (χ4n) is 3.32. The molecule has 0 bridgehead atoms. The van der Waals surface area contributed by atoms with Crippen molar-refractivity contribution in [3.05, 3.63) is 90.6 Å². The van der Waals surface area contributed by atoms with Crippen LogP contribution < -0.4 is 20.5 Å². The number of anilines is 2. The number of carbonyl (C=O) groups is 3. The van der Waals surface area contributed by atoms with Gasteiger partial charge in [-0.3, -0.25) is 19.8 Å². The minimum absolute atomic E-state index is 0.0433. The van der Waals surface area contributed by atoms with E-state index < -0.39 is 11.8 Å². The smallest absolute Gasteiger partial charge is 0.282 e. The maximum atomic E-state index is 12.8. The number of rotatable bonds is 6. The number of aryl methyl sites for hydroxylation is 1. The summed E-state index contributed by atoms with van der Waals surface area (Å²) in [6, 6.07) is 20.0. The third kappa shape index (κ3) is 5.41. The van der Waals surface area contributed by atoms with Crippen LogP contribution in [0.3, 0.4) is 0 Å². The number of hydrazine groups is 1. The predicted molar refractivity (Wildman–Crippen MR) is 147 cm³/mol. The van der Waals surface area contributed by atoms with Gasteiger partial charge in [0.25, 0.3) is 17.7 Å². The molecule has 4 rings (SSSR count). The van der Waals surface area contributed by atoms with Crippen LogP contribution in [0.4, 0.5) is 11.4 Å². The molecule has 0 spiro atoms. The Morgan fingerprint density at radius 1 is 1.03 bits per heavy atom. The number of amides is 3. The molecule has 3 aromatic carbocycles. The van der Waals surface area contributed by atoms with Gasteiger partial charge in [0, 0.05) is 5.69 Å². The molecule has 2 N–H and O–H groups in total. The highest BCUT2D eigenvalue weighted by Crippen LogP contribution is 2.31. The van der Waals surface area contributed by atoms with E-state index in [2.05, 4.69) is 55.9 Å². The van der Waals surface area contributed by atoms with E-state index in [4.69, 9.17) is 4.74 Å². The summed E-state index contributed by atoms with van der Waals surface area (Å²) >= 11 is 4.22. The van der Waals surface area contributed by atoms with Gasteiger partial charge in [-0.25, -0.2) is 5.01 Å². The molecule has 34 heavy (non-hydrogen) atoms. The Hall–Kier alpha value is -2.93. The Balaban J connectivity index is 1.47. The van der Waals surface area contributed by atoms with Crippen molar-refractivity contribution in [1.82, 2.24) is 5.43 Å². The van der Waals surface area contributed by atoms with Crippen molar-refractivity contribution in [2.24, 2.45) is 0 Å². The van der Waals surface area contributed by atoms with E-state index in [9.17, 15) is 14.4 Å². The quantitative estimate of drug-likeness (QED) is 0.225. The lowest BCUT2D eigenvalue weighted by atomic mass is 10.1. The second kappa shape index (κ2) is 10.6. The molecular weight excluding hydrogens is 660 g/mol. The van der Waals surface area contributed by atoms with Gasteiger partial charge in [0.2, 0.25) is 0 Å². The van der Waals surface area contributed by atoms with E-state index in [1.807, 2.05) is 37.3 Å². The lowest BCUT2D eigenvalue weighted by Gasteiger charge is -2.14. The summed E-state index contributed by atoms with van der Waals surface area (Å²) in [7, 11) is 0. The van der Waals surface area contributed by atoms with Crippen LogP contribution >= 0.6 is 45.2 Å². The normalized spacial score (nSPS) is 14.3. The van der Waals surface area contributed by atoms with Crippen LogP contribution in [-0.4, -0.2) is 24.3 Å². The van der Waals surface area contributed by atoms with E-state index >= 15 is 0 Å². The Bertz CT molecular complexity index is 1290. The van der Waals surface area contributed by atoms with Crippen molar-refractivity contribution in [3.63, 3.8) is 0 Å². The lowest BCUT2D eigenvalue weighted by molar-refractivity contribution is -0.118. The third-order valence-corrected chi connectivity index (χ3v) is 6.61. The molecule has 3 amide bonds. The van der Waals surface area contributed by atoms with Crippen LogP contribution in [0.25, 0.3) is 6.08 Å². The second-order valence-electron chi connectivity index (χ2n) is 7.44. The molecule has 9 heteroatoms. The average molecular weight is 679 g/mol. The number of para-hydroxylation sites is 2. The molecule has 1 heterocycles. The van der Waals surface area contributed by atoms with Crippen LogP contribution in [0.15, 0.2) is 72.3 Å². The summed E-state index contributed by atoms with van der Waals surface area (Å²) in [6.45, 7) is 1.78. The fraction of sp³-hybridized carbons (Fsp3) is 0.0800. The second-order valence-corrected chi connectivity index (χ2v) is 9.76. The molecule has 0 aliphatic carbocycles. The first-order chi connectivity index (χ1) is 16.3. The van der Waals surface area contributed by atoms with Gasteiger partial charge >= 0.3 is 0 Å². The van der Waals surface area contributed by atoms with E-state index in [0.717, 1.165) is 18.4 Å². The number of ether oxygens (including phenoxy) is 1. The monoisotopic (exact) mass is 679 g/mol. The maximum Gasteiger partial charge on any atom is 0.282 e. The topological polar surface area (TPSA) is 87.7 Å². The first-order valence-electron chi connectivity index (χ1n) is 10.2. The summed E-state index contributed by atoms with van der Waals surface area (Å²) in [6.07, 6.45) is 1.56. The Kier molecular flexibility index (Phi) is 7.51. The minimum Gasteiger partial charge on any atom is -0.482 e. The standard InChI is InChI=1S/C25H19I2N3O4/c1-15-7-5-6-10-21(15)28-22(31)14-34-23-19(26)12-16(13-20(23)27)11-18-24(32)29-30(25(18)33)17-8-3-2-4-9-17/h2-13H,14H2,1H3,(H,28,31)(H,29,32)/b18-11-. The molecule has 0 radical (unpaired) electrons. The Labute approximate surface area is 223 Å². The molecular formula is C25H19I2N3O4. The Morgan fingerprint density at radius 3 is 2.35 bits per heavy atom. The molecule has 0 aromatic heterocycles. The summed E-state index contributed by atoms with van der Waals surface area (Å²) in [5.41, 5.74) is 5.61. The summed E-state index contributed by atoms with van der Waals surface area (Å²) in [4.78, 5) is 37.6. The average Bonchev–Trinajstić information content (AvgIpc) is 3.09. The number of nitrogens with one attached hydrogen (secondary N) is 2. The summed E-state index contributed by atoms with van der Waals surface area (Å²) in [5.74, 6) is -0.584. The zero-order valence-electron chi connectivity index (χ0n) is 18.0. The number of carbonyl (C=O) groups excluding carboxylic acids is 3. The highest BCUT2D eigenvalue weighted by molar-refractivity contribution is 14.1. The van der Waals surface area contributed by atoms with Crippen molar-refractivity contribution in [3.8, 4) is 5.75 Å². The van der Waals surface area contributed by atoms with Gasteiger partial charge in [-0.15, -0.1) is 0 Å². The minimum atomic E-state index is -0.466. The number of nitrogens with zero attached hydrogens (tertiary/aromatic N) is 1. The number of halogens is 2. The predicted octanol–water partition coefficient (Wildman–Crippen LogP) is 4.68.